The maximum atomic E-state index is 6.36. The average molecular weight is 301 g/mol. The van der Waals surface area contributed by atoms with Crippen LogP contribution in [0, 0.1) is 25.7 Å². The molecular formula is C18H27N3O. The number of nitrogens with zero attached hydrogens (tertiary/aromatic N) is 2. The second-order valence-corrected chi connectivity index (χ2v) is 6.70. The van der Waals surface area contributed by atoms with Crippen molar-refractivity contribution >= 4 is 5.69 Å². The van der Waals surface area contributed by atoms with Crippen molar-refractivity contribution in [3.05, 3.63) is 24.2 Å². The number of allylic oxidation sites excluding steroid dienone is 1. The van der Waals surface area contributed by atoms with Gasteiger partial charge in [0.1, 0.15) is 17.6 Å². The second kappa shape index (κ2) is 6.27. The lowest BCUT2D eigenvalue weighted by Gasteiger charge is -2.35. The number of rotatable bonds is 5. The van der Waals surface area contributed by atoms with E-state index in [1.165, 1.54) is 19.3 Å². The van der Waals surface area contributed by atoms with Crippen molar-refractivity contribution in [3.63, 3.8) is 0 Å². The maximum Gasteiger partial charge on any atom is 0.241 e. The fourth-order valence-corrected chi connectivity index (χ4v) is 4.11. The first-order chi connectivity index (χ1) is 10.6. The molecule has 4 heteroatoms. The molecule has 2 heterocycles. The summed E-state index contributed by atoms with van der Waals surface area (Å²) in [6, 6.07) is 0.396. The van der Waals surface area contributed by atoms with Gasteiger partial charge in [-0.3, -0.25) is 0 Å². The third-order valence-corrected chi connectivity index (χ3v) is 5.06. The molecule has 1 aromatic heterocycles. The van der Waals surface area contributed by atoms with Gasteiger partial charge in [0.05, 0.1) is 11.7 Å². The van der Waals surface area contributed by atoms with Crippen LogP contribution in [0.3, 0.4) is 0 Å². The van der Waals surface area contributed by atoms with E-state index in [0.29, 0.717) is 17.9 Å². The van der Waals surface area contributed by atoms with E-state index in [-0.39, 0.29) is 6.10 Å². The molecule has 4 nitrogen and oxygen atoms in total. The number of aromatic nitrogens is 2. The molecule has 1 N–H and O–H groups in total. The molecule has 1 fully saturated rings. The zero-order valence-electron chi connectivity index (χ0n) is 13.9. The number of hydrogen-bond acceptors (Lipinski definition) is 4. The van der Waals surface area contributed by atoms with Crippen LogP contribution in [0.2, 0.25) is 0 Å². The van der Waals surface area contributed by atoms with Gasteiger partial charge in [-0.1, -0.05) is 19.4 Å². The number of hydrogen-bond donors (Lipinski definition) is 1. The quantitative estimate of drug-likeness (QED) is 0.834. The number of nitrogens with one attached hydrogen (secondary N) is 1. The Hall–Kier alpha value is -1.58. The molecule has 0 radical (unpaired) electrons. The molecule has 0 unspecified atom stereocenters. The Labute approximate surface area is 133 Å². The summed E-state index contributed by atoms with van der Waals surface area (Å²) in [5, 5.41) is 3.72. The van der Waals surface area contributed by atoms with Crippen molar-refractivity contribution in [2.75, 3.05) is 5.32 Å². The first-order valence-corrected chi connectivity index (χ1v) is 8.53. The second-order valence-electron chi connectivity index (χ2n) is 6.70. The zero-order chi connectivity index (χ0) is 15.7. The lowest BCUT2D eigenvalue weighted by atomic mass is 9.96. The van der Waals surface area contributed by atoms with Crippen LogP contribution in [0.4, 0.5) is 5.69 Å². The van der Waals surface area contributed by atoms with Crippen LogP contribution in [0.25, 0.3) is 0 Å². The normalized spacial score (nSPS) is 29.2. The Bertz CT molecular complexity index is 558. The molecule has 4 atom stereocenters. The van der Waals surface area contributed by atoms with Gasteiger partial charge in [-0.25, -0.2) is 4.98 Å². The van der Waals surface area contributed by atoms with E-state index < -0.39 is 0 Å². The van der Waals surface area contributed by atoms with Crippen LogP contribution in [-0.4, -0.2) is 22.1 Å². The fourth-order valence-electron chi connectivity index (χ4n) is 4.11. The monoisotopic (exact) mass is 301 g/mol. The topological polar surface area (TPSA) is 47.0 Å². The molecule has 0 bridgehead atoms. The molecular weight excluding hydrogens is 274 g/mol. The van der Waals surface area contributed by atoms with E-state index in [4.69, 9.17) is 4.74 Å². The van der Waals surface area contributed by atoms with Gasteiger partial charge in [0.2, 0.25) is 5.88 Å². The summed E-state index contributed by atoms with van der Waals surface area (Å²) in [6.07, 6.45) is 8.18. The van der Waals surface area contributed by atoms with Crippen LogP contribution >= 0.6 is 0 Å². The van der Waals surface area contributed by atoms with E-state index in [0.717, 1.165) is 35.9 Å². The van der Waals surface area contributed by atoms with Crippen LogP contribution in [0.1, 0.15) is 50.5 Å². The van der Waals surface area contributed by atoms with Crippen LogP contribution in [0.5, 0.6) is 5.88 Å². The minimum Gasteiger partial charge on any atom is -0.470 e. The Morgan fingerprint density at radius 3 is 2.82 bits per heavy atom. The van der Waals surface area contributed by atoms with E-state index >= 15 is 0 Å². The molecule has 1 aliphatic heterocycles. The highest BCUT2D eigenvalue weighted by Gasteiger charge is 2.47. The Kier molecular flexibility index (Phi) is 4.37. The van der Waals surface area contributed by atoms with Crippen LogP contribution in [-0.2, 0) is 0 Å². The number of fused-ring (bicyclic) bond motifs is 2. The maximum absolute atomic E-state index is 6.36. The third-order valence-electron chi connectivity index (χ3n) is 5.06. The van der Waals surface area contributed by atoms with E-state index in [1.54, 1.807) is 0 Å². The summed E-state index contributed by atoms with van der Waals surface area (Å²) in [6.45, 7) is 10.1. The van der Waals surface area contributed by atoms with Gasteiger partial charge in [-0.15, -0.1) is 6.58 Å². The van der Waals surface area contributed by atoms with Crippen molar-refractivity contribution in [1.82, 2.24) is 9.97 Å². The van der Waals surface area contributed by atoms with E-state index in [9.17, 15) is 0 Å². The molecule has 1 aromatic rings. The minimum atomic E-state index is 0.234. The van der Waals surface area contributed by atoms with Gasteiger partial charge in [0.25, 0.3) is 0 Å². The van der Waals surface area contributed by atoms with Gasteiger partial charge in [0, 0.05) is 0 Å². The average Bonchev–Trinajstić information content (AvgIpc) is 2.81. The van der Waals surface area contributed by atoms with Gasteiger partial charge in [0.15, 0.2) is 0 Å². The van der Waals surface area contributed by atoms with E-state index in [1.807, 2.05) is 19.9 Å². The first kappa shape index (κ1) is 15.3. The first-order valence-electron chi connectivity index (χ1n) is 8.53. The Morgan fingerprint density at radius 1 is 1.27 bits per heavy atom. The van der Waals surface area contributed by atoms with Crippen LogP contribution in [0.15, 0.2) is 12.7 Å². The SMILES string of the molecule is C=CCC[C@H]1C[C@H](CCC)[C@@H]2Nc3c(C)nc(C)nc3O[C@@H]12. The van der Waals surface area contributed by atoms with Crippen molar-refractivity contribution in [2.24, 2.45) is 11.8 Å². The molecule has 22 heavy (non-hydrogen) atoms. The molecule has 120 valence electrons. The number of anilines is 1. The van der Waals surface area contributed by atoms with Crippen molar-refractivity contribution in [2.45, 2.75) is 65.0 Å². The molecule has 0 saturated heterocycles. The summed E-state index contributed by atoms with van der Waals surface area (Å²) >= 11 is 0. The molecule has 1 aliphatic carbocycles. The molecule has 0 spiro atoms. The van der Waals surface area contributed by atoms with Gasteiger partial charge < -0.3 is 10.1 Å². The molecule has 2 aliphatic rings. The van der Waals surface area contributed by atoms with Crippen molar-refractivity contribution < 1.29 is 4.74 Å². The highest BCUT2D eigenvalue weighted by molar-refractivity contribution is 5.59. The number of ether oxygens (including phenoxy) is 1. The van der Waals surface area contributed by atoms with Gasteiger partial charge >= 0.3 is 0 Å². The predicted octanol–water partition coefficient (Wildman–Crippen LogP) is 4.04. The fraction of sp³-hybridized carbons (Fsp3) is 0.667. The van der Waals surface area contributed by atoms with Crippen molar-refractivity contribution in [1.29, 1.82) is 0 Å². The third kappa shape index (κ3) is 2.71. The Balaban J connectivity index is 1.88. The standard InChI is InChI=1S/C18H27N3O/c1-5-7-9-14-10-13(8-6-2)16-17(14)22-18-15(21-16)11(3)19-12(4)20-18/h5,13-14,16-17,21H,1,6-10H2,2-4H3/t13-,14-,16-,17-/m0/s1. The molecule has 0 aromatic carbocycles. The molecule has 1 saturated carbocycles. The highest BCUT2D eigenvalue weighted by atomic mass is 16.5. The Morgan fingerprint density at radius 2 is 2.09 bits per heavy atom. The van der Waals surface area contributed by atoms with Crippen LogP contribution < -0.4 is 10.1 Å². The zero-order valence-corrected chi connectivity index (χ0v) is 13.9. The summed E-state index contributed by atoms with van der Waals surface area (Å²) in [4.78, 5) is 8.98. The molecule has 0 amide bonds. The van der Waals surface area contributed by atoms with Crippen molar-refractivity contribution in [3.8, 4) is 5.88 Å². The van der Waals surface area contributed by atoms with Gasteiger partial charge in [-0.05, 0) is 51.4 Å². The largest absolute Gasteiger partial charge is 0.470 e. The smallest absolute Gasteiger partial charge is 0.241 e. The number of aryl methyl sites for hydroxylation is 2. The summed E-state index contributed by atoms with van der Waals surface area (Å²) < 4.78 is 6.36. The lowest BCUT2D eigenvalue weighted by Crippen LogP contribution is -2.44. The highest BCUT2D eigenvalue weighted by Crippen LogP contribution is 2.45. The minimum absolute atomic E-state index is 0.234. The van der Waals surface area contributed by atoms with Gasteiger partial charge in [-0.2, -0.15) is 4.98 Å². The summed E-state index contributed by atoms with van der Waals surface area (Å²) in [5.41, 5.74) is 1.99. The van der Waals surface area contributed by atoms with E-state index in [2.05, 4.69) is 28.8 Å². The molecule has 3 rings (SSSR count). The summed E-state index contributed by atoms with van der Waals surface area (Å²) in [5.74, 6) is 2.80. The lowest BCUT2D eigenvalue weighted by molar-refractivity contribution is 0.127. The summed E-state index contributed by atoms with van der Waals surface area (Å²) in [7, 11) is 0. The predicted molar refractivity (Wildman–Crippen MR) is 89.3 cm³/mol.